The molecule has 2 N–H and O–H groups in total. The van der Waals surface area contributed by atoms with Crippen LogP contribution in [0.4, 0.5) is 5.95 Å². The van der Waals surface area contributed by atoms with Crippen LogP contribution in [0.15, 0.2) is 17.6 Å². The van der Waals surface area contributed by atoms with Gasteiger partial charge in [-0.15, -0.1) is 0 Å². The molecule has 2 heterocycles. The van der Waals surface area contributed by atoms with Crippen molar-refractivity contribution in [2.45, 2.75) is 19.9 Å². The number of rotatable bonds is 1. The lowest BCUT2D eigenvalue weighted by Crippen LogP contribution is -2.23. The molecule has 5 nitrogen and oxygen atoms in total. The lowest BCUT2D eigenvalue weighted by Gasteiger charge is -2.24. The number of anilines is 1. The average Bonchev–Trinajstić information content (AvgIpc) is 2.53. The van der Waals surface area contributed by atoms with Gasteiger partial charge in [0.2, 0.25) is 5.95 Å². The fraction of sp³-hybridized carbons (Fsp3) is 0.500. The van der Waals surface area contributed by atoms with E-state index in [1.54, 1.807) is 4.68 Å². The van der Waals surface area contributed by atoms with E-state index in [0.29, 0.717) is 0 Å². The Bertz CT molecular complexity index is 355. The molecule has 2 rings (SSSR count). The van der Waals surface area contributed by atoms with Crippen molar-refractivity contribution in [2.75, 3.05) is 11.9 Å². The van der Waals surface area contributed by atoms with Crippen molar-refractivity contribution in [1.29, 1.82) is 0 Å². The third kappa shape index (κ3) is 1.12. The molecule has 70 valence electrons. The molecule has 1 unspecified atom stereocenters. The number of hydrogen-bond acceptors (Lipinski definition) is 4. The summed E-state index contributed by atoms with van der Waals surface area (Å²) in [5.74, 6) is 0.738. The van der Waals surface area contributed by atoms with Crippen LogP contribution in [-0.2, 0) is 0 Å². The first-order valence-electron chi connectivity index (χ1n) is 4.21. The van der Waals surface area contributed by atoms with E-state index >= 15 is 0 Å². The Labute approximate surface area is 76.1 Å². The topological polar surface area (TPSA) is 63.0 Å². The summed E-state index contributed by atoms with van der Waals surface area (Å²) >= 11 is 0. The van der Waals surface area contributed by atoms with Gasteiger partial charge in [-0.25, -0.2) is 4.68 Å². The Balaban J connectivity index is 2.44. The van der Waals surface area contributed by atoms with Crippen molar-refractivity contribution in [1.82, 2.24) is 14.8 Å². The first kappa shape index (κ1) is 8.25. The lowest BCUT2D eigenvalue weighted by molar-refractivity contribution is 0.309. The Kier molecular flexibility index (Phi) is 1.81. The van der Waals surface area contributed by atoms with Gasteiger partial charge in [0.25, 0.3) is 0 Å². The van der Waals surface area contributed by atoms with Gasteiger partial charge in [-0.3, -0.25) is 0 Å². The standard InChI is InChI=1S/C8H12N4O/c1-5-7(3-13)6(2)12-8(11-5)9-4-10-12/h4,6,13H,3H2,1-2H3,(H,9,10,11). The minimum absolute atomic E-state index is 0.0549. The van der Waals surface area contributed by atoms with Crippen LogP contribution in [0, 0.1) is 0 Å². The van der Waals surface area contributed by atoms with Crippen molar-refractivity contribution in [3.63, 3.8) is 0 Å². The summed E-state index contributed by atoms with van der Waals surface area (Å²) < 4.78 is 1.76. The second-order valence-electron chi connectivity index (χ2n) is 3.14. The van der Waals surface area contributed by atoms with Crippen LogP contribution in [0.25, 0.3) is 0 Å². The average molecular weight is 180 g/mol. The van der Waals surface area contributed by atoms with E-state index in [0.717, 1.165) is 17.2 Å². The van der Waals surface area contributed by atoms with Crippen molar-refractivity contribution >= 4 is 5.95 Å². The number of aromatic nitrogens is 3. The maximum Gasteiger partial charge on any atom is 0.225 e. The summed E-state index contributed by atoms with van der Waals surface area (Å²) in [6.07, 6.45) is 1.51. The molecule has 0 aromatic carbocycles. The predicted octanol–water partition coefficient (Wildman–Crippen LogP) is 0.531. The van der Waals surface area contributed by atoms with Gasteiger partial charge in [0.1, 0.15) is 6.33 Å². The number of nitrogens with zero attached hydrogens (tertiary/aromatic N) is 3. The fourth-order valence-corrected chi connectivity index (χ4v) is 1.58. The van der Waals surface area contributed by atoms with Gasteiger partial charge in [-0.2, -0.15) is 10.1 Å². The van der Waals surface area contributed by atoms with E-state index in [2.05, 4.69) is 15.4 Å². The molecule has 0 fully saturated rings. The Hall–Kier alpha value is -1.36. The summed E-state index contributed by atoms with van der Waals surface area (Å²) in [6.45, 7) is 3.98. The normalized spacial score (nSPS) is 21.3. The highest BCUT2D eigenvalue weighted by atomic mass is 16.3. The van der Waals surface area contributed by atoms with Crippen LogP contribution < -0.4 is 5.32 Å². The van der Waals surface area contributed by atoms with Crippen LogP contribution in [0.5, 0.6) is 0 Å². The molecule has 1 aromatic rings. The zero-order valence-corrected chi connectivity index (χ0v) is 7.65. The second-order valence-corrected chi connectivity index (χ2v) is 3.14. The molecule has 0 amide bonds. The molecule has 1 atom stereocenters. The third-order valence-electron chi connectivity index (χ3n) is 2.40. The van der Waals surface area contributed by atoms with Crippen molar-refractivity contribution < 1.29 is 5.11 Å². The first-order valence-corrected chi connectivity index (χ1v) is 4.21. The van der Waals surface area contributed by atoms with Gasteiger partial charge in [-0.1, -0.05) is 0 Å². The molecule has 1 aliphatic rings. The van der Waals surface area contributed by atoms with Gasteiger partial charge >= 0.3 is 0 Å². The smallest absolute Gasteiger partial charge is 0.225 e. The molecule has 13 heavy (non-hydrogen) atoms. The van der Waals surface area contributed by atoms with Gasteiger partial charge in [0.05, 0.1) is 12.6 Å². The fourth-order valence-electron chi connectivity index (χ4n) is 1.58. The van der Waals surface area contributed by atoms with E-state index in [-0.39, 0.29) is 12.6 Å². The molecule has 0 radical (unpaired) electrons. The number of nitrogens with one attached hydrogen (secondary N) is 1. The maximum atomic E-state index is 9.14. The number of aliphatic hydroxyl groups excluding tert-OH is 1. The number of allylic oxidation sites excluding steroid dienone is 1. The number of aliphatic hydroxyl groups is 1. The summed E-state index contributed by atoms with van der Waals surface area (Å²) in [5.41, 5.74) is 1.92. The largest absolute Gasteiger partial charge is 0.392 e. The summed E-state index contributed by atoms with van der Waals surface area (Å²) in [5, 5.41) is 16.3. The maximum absolute atomic E-state index is 9.14. The Morgan fingerprint density at radius 3 is 3.15 bits per heavy atom. The number of fused-ring (bicyclic) bond motifs is 1. The Morgan fingerprint density at radius 2 is 2.46 bits per heavy atom. The van der Waals surface area contributed by atoms with Crippen LogP contribution >= 0.6 is 0 Å². The van der Waals surface area contributed by atoms with Gasteiger partial charge in [-0.05, 0) is 19.4 Å². The molecule has 0 aliphatic carbocycles. The zero-order valence-electron chi connectivity index (χ0n) is 7.65. The van der Waals surface area contributed by atoms with E-state index in [9.17, 15) is 0 Å². The molecule has 0 saturated heterocycles. The Morgan fingerprint density at radius 1 is 1.69 bits per heavy atom. The quantitative estimate of drug-likeness (QED) is 0.661. The van der Waals surface area contributed by atoms with Gasteiger partial charge in [0, 0.05) is 5.70 Å². The summed E-state index contributed by atoms with van der Waals surface area (Å²) in [6, 6.07) is 0.0868. The molecular formula is C8H12N4O. The monoisotopic (exact) mass is 180 g/mol. The first-order chi connectivity index (χ1) is 6.24. The van der Waals surface area contributed by atoms with Crippen molar-refractivity contribution in [2.24, 2.45) is 0 Å². The zero-order chi connectivity index (χ0) is 9.42. The van der Waals surface area contributed by atoms with Crippen molar-refractivity contribution in [3.05, 3.63) is 17.6 Å². The van der Waals surface area contributed by atoms with Gasteiger partial charge in [0.15, 0.2) is 0 Å². The third-order valence-corrected chi connectivity index (χ3v) is 2.40. The molecular weight excluding hydrogens is 168 g/mol. The van der Waals surface area contributed by atoms with E-state index in [4.69, 9.17) is 5.11 Å². The highest BCUT2D eigenvalue weighted by Gasteiger charge is 2.22. The minimum atomic E-state index is 0.0549. The van der Waals surface area contributed by atoms with Crippen LogP contribution in [0.3, 0.4) is 0 Å². The van der Waals surface area contributed by atoms with E-state index < -0.39 is 0 Å². The molecule has 5 heteroatoms. The number of hydrogen-bond donors (Lipinski definition) is 2. The van der Waals surface area contributed by atoms with E-state index in [1.165, 1.54) is 6.33 Å². The highest BCUT2D eigenvalue weighted by molar-refractivity contribution is 5.41. The molecule has 0 bridgehead atoms. The van der Waals surface area contributed by atoms with Crippen molar-refractivity contribution in [3.8, 4) is 0 Å². The van der Waals surface area contributed by atoms with Gasteiger partial charge < -0.3 is 10.4 Å². The van der Waals surface area contributed by atoms with Crippen LogP contribution in [0.1, 0.15) is 19.9 Å². The molecule has 0 spiro atoms. The SMILES string of the molecule is CC1=C(CO)C(C)n2ncnc2N1. The van der Waals surface area contributed by atoms with Crippen LogP contribution in [-0.4, -0.2) is 26.5 Å². The summed E-state index contributed by atoms with van der Waals surface area (Å²) in [4.78, 5) is 4.05. The highest BCUT2D eigenvalue weighted by Crippen LogP contribution is 2.27. The molecule has 0 saturated carbocycles. The lowest BCUT2D eigenvalue weighted by atomic mass is 10.1. The second kappa shape index (κ2) is 2.85. The minimum Gasteiger partial charge on any atom is -0.392 e. The predicted molar refractivity (Wildman–Crippen MR) is 48.1 cm³/mol. The molecule has 1 aliphatic heterocycles. The summed E-state index contributed by atoms with van der Waals surface area (Å²) in [7, 11) is 0. The molecule has 1 aromatic heterocycles. The van der Waals surface area contributed by atoms with E-state index in [1.807, 2.05) is 13.8 Å². The van der Waals surface area contributed by atoms with Crippen LogP contribution in [0.2, 0.25) is 0 Å².